The van der Waals surface area contributed by atoms with Crippen LogP contribution in [0.3, 0.4) is 0 Å². The molecule has 41 heavy (non-hydrogen) atoms. The van der Waals surface area contributed by atoms with E-state index in [9.17, 15) is 37.8 Å². The van der Waals surface area contributed by atoms with Crippen molar-refractivity contribution in [1.29, 1.82) is 0 Å². The fourth-order valence-electron chi connectivity index (χ4n) is 7.90. The number of aliphatic carboxylic acids is 2. The molecule has 0 aromatic carbocycles. The molecule has 4 aliphatic carbocycles. The summed E-state index contributed by atoms with van der Waals surface area (Å²) in [6.45, 7) is 4.03. The molecule has 6 atom stereocenters. The standard InChI is InChI=1S/C30H48N2O8S/c1-17-3-13-23(25(15-17)29(35)36)27(33)31-19-5-9-21(10-6-19)41(39,40)22-11-7-20(8-12-22)32-28(34)24-14-4-18(2)16-26(24)30(37)38/h17-26H,3-16H2,1-2H3,(H,31,33)(H,32,34)(H,35,36)(H,37,38). The average molecular weight is 597 g/mol. The summed E-state index contributed by atoms with van der Waals surface area (Å²) in [5.41, 5.74) is 0. The van der Waals surface area contributed by atoms with Gasteiger partial charge in [-0.15, -0.1) is 0 Å². The third-order valence-corrected chi connectivity index (χ3v) is 13.3. The lowest BCUT2D eigenvalue weighted by molar-refractivity contribution is -0.150. The van der Waals surface area contributed by atoms with E-state index in [4.69, 9.17) is 0 Å². The molecule has 0 bridgehead atoms. The molecule has 4 aliphatic rings. The lowest BCUT2D eigenvalue weighted by Crippen LogP contribution is -2.48. The molecule has 0 heterocycles. The number of hydrogen-bond acceptors (Lipinski definition) is 6. The maximum Gasteiger partial charge on any atom is 0.307 e. The first kappa shape index (κ1) is 31.8. The molecule has 232 valence electrons. The Bertz CT molecular complexity index is 1000. The van der Waals surface area contributed by atoms with Gasteiger partial charge in [-0.2, -0.15) is 0 Å². The van der Waals surface area contributed by atoms with Crippen molar-refractivity contribution in [2.24, 2.45) is 35.5 Å². The number of carbonyl (C=O) groups excluding carboxylic acids is 2. The number of amides is 2. The lowest BCUT2D eigenvalue weighted by atomic mass is 9.74. The van der Waals surface area contributed by atoms with Crippen LogP contribution in [0, 0.1) is 35.5 Å². The van der Waals surface area contributed by atoms with Gasteiger partial charge in [0.1, 0.15) is 0 Å². The fraction of sp³-hybridized carbons (Fsp3) is 0.867. The Morgan fingerprint density at radius 3 is 1.20 bits per heavy atom. The van der Waals surface area contributed by atoms with Crippen molar-refractivity contribution >= 4 is 33.6 Å². The van der Waals surface area contributed by atoms with Crippen molar-refractivity contribution in [1.82, 2.24) is 10.6 Å². The van der Waals surface area contributed by atoms with E-state index >= 15 is 0 Å². The zero-order valence-electron chi connectivity index (χ0n) is 24.4. The van der Waals surface area contributed by atoms with Gasteiger partial charge in [0.15, 0.2) is 9.84 Å². The smallest absolute Gasteiger partial charge is 0.307 e. The Balaban J connectivity index is 1.23. The number of carboxylic acids is 2. The van der Waals surface area contributed by atoms with Crippen LogP contribution < -0.4 is 10.6 Å². The minimum atomic E-state index is -3.36. The van der Waals surface area contributed by atoms with Gasteiger partial charge in [0.2, 0.25) is 11.8 Å². The summed E-state index contributed by atoms with van der Waals surface area (Å²) in [4.78, 5) is 49.3. The Kier molecular flexibility index (Phi) is 10.4. The second-order valence-electron chi connectivity index (χ2n) is 13.5. The Hall–Kier alpha value is -2.17. The predicted octanol–water partition coefficient (Wildman–Crippen LogP) is 3.53. The molecule has 0 aromatic heterocycles. The highest BCUT2D eigenvalue weighted by molar-refractivity contribution is 7.92. The van der Waals surface area contributed by atoms with Gasteiger partial charge in [0.05, 0.1) is 34.2 Å². The molecule has 2 amide bonds. The van der Waals surface area contributed by atoms with Crippen LogP contribution >= 0.6 is 0 Å². The zero-order chi connectivity index (χ0) is 29.9. The molecule has 4 fully saturated rings. The Morgan fingerprint density at radius 2 is 0.878 bits per heavy atom. The van der Waals surface area contributed by atoms with E-state index in [2.05, 4.69) is 10.6 Å². The van der Waals surface area contributed by atoms with E-state index in [1.54, 1.807) is 0 Å². The number of hydrogen-bond donors (Lipinski definition) is 4. The molecule has 0 aliphatic heterocycles. The lowest BCUT2D eigenvalue weighted by Gasteiger charge is -2.36. The summed E-state index contributed by atoms with van der Waals surface area (Å²) in [6, 6.07) is -0.266. The normalized spacial score (nSPS) is 38.4. The molecule has 6 unspecified atom stereocenters. The molecular formula is C30H48N2O8S. The quantitative estimate of drug-likeness (QED) is 0.330. The maximum atomic E-state index is 13.5. The van der Waals surface area contributed by atoms with Crippen LogP contribution in [-0.4, -0.2) is 65.0 Å². The first-order valence-electron chi connectivity index (χ1n) is 15.7. The number of nitrogens with one attached hydrogen (secondary N) is 2. The number of rotatable bonds is 8. The molecule has 10 nitrogen and oxygen atoms in total. The number of sulfone groups is 1. The molecule has 0 radical (unpaired) electrons. The SMILES string of the molecule is CC1CCC(C(=O)NC2CCC(S(=O)(=O)C3CCC(NC(=O)C4CCC(C)CC4C(=O)O)CC3)CC2)C(C(=O)O)C1. The molecule has 4 rings (SSSR count). The largest absolute Gasteiger partial charge is 0.481 e. The second-order valence-corrected chi connectivity index (χ2v) is 16.0. The number of carbonyl (C=O) groups is 4. The summed E-state index contributed by atoms with van der Waals surface area (Å²) in [7, 11) is -3.36. The molecule has 0 aromatic rings. The monoisotopic (exact) mass is 596 g/mol. The second kappa shape index (κ2) is 13.4. The highest BCUT2D eigenvalue weighted by atomic mass is 32.2. The Morgan fingerprint density at radius 1 is 0.537 bits per heavy atom. The predicted molar refractivity (Wildman–Crippen MR) is 153 cm³/mol. The van der Waals surface area contributed by atoms with E-state index < -0.39 is 55.9 Å². The van der Waals surface area contributed by atoms with Gasteiger partial charge in [0.25, 0.3) is 0 Å². The topological polar surface area (TPSA) is 167 Å². The zero-order valence-corrected chi connectivity index (χ0v) is 25.2. The van der Waals surface area contributed by atoms with E-state index in [0.717, 1.165) is 12.8 Å². The van der Waals surface area contributed by atoms with Crippen molar-refractivity contribution in [3.8, 4) is 0 Å². The molecule has 4 saturated carbocycles. The van der Waals surface area contributed by atoms with Gasteiger partial charge in [-0.05, 0) is 102 Å². The van der Waals surface area contributed by atoms with Crippen LogP contribution in [0.15, 0.2) is 0 Å². The summed E-state index contributed by atoms with van der Waals surface area (Å²) >= 11 is 0. The van der Waals surface area contributed by atoms with E-state index in [1.807, 2.05) is 13.8 Å². The van der Waals surface area contributed by atoms with Crippen molar-refractivity contribution in [3.05, 3.63) is 0 Å². The van der Waals surface area contributed by atoms with Gasteiger partial charge >= 0.3 is 11.9 Å². The van der Waals surface area contributed by atoms with Gasteiger partial charge in [-0.25, -0.2) is 8.42 Å². The van der Waals surface area contributed by atoms with Gasteiger partial charge in [-0.1, -0.05) is 13.8 Å². The summed E-state index contributed by atoms with van der Waals surface area (Å²) in [5.74, 6) is -4.09. The first-order chi connectivity index (χ1) is 19.4. The average Bonchev–Trinajstić information content (AvgIpc) is 2.93. The van der Waals surface area contributed by atoms with Crippen LogP contribution in [0.1, 0.15) is 104 Å². The summed E-state index contributed by atoms with van der Waals surface area (Å²) in [6.07, 6.45) is 7.97. The third kappa shape index (κ3) is 7.62. The first-order valence-corrected chi connectivity index (χ1v) is 17.3. The summed E-state index contributed by atoms with van der Waals surface area (Å²) < 4.78 is 27.0. The maximum absolute atomic E-state index is 13.5. The molecule has 0 spiro atoms. The third-order valence-electron chi connectivity index (χ3n) is 10.5. The van der Waals surface area contributed by atoms with Crippen molar-refractivity contribution < 1.29 is 37.8 Å². The van der Waals surface area contributed by atoms with Crippen molar-refractivity contribution in [3.63, 3.8) is 0 Å². The van der Waals surface area contributed by atoms with Crippen molar-refractivity contribution in [2.75, 3.05) is 0 Å². The molecular weight excluding hydrogens is 548 g/mol. The van der Waals surface area contributed by atoms with E-state index in [0.29, 0.717) is 77.0 Å². The van der Waals surface area contributed by atoms with Crippen LogP contribution in [0.2, 0.25) is 0 Å². The summed E-state index contributed by atoms with van der Waals surface area (Å²) in [5, 5.41) is 24.4. The fourth-order valence-corrected chi connectivity index (χ4v) is 10.3. The highest BCUT2D eigenvalue weighted by Gasteiger charge is 2.43. The molecule has 11 heteroatoms. The minimum absolute atomic E-state index is 0.133. The number of carboxylic acid groups (broad SMARTS) is 2. The highest BCUT2D eigenvalue weighted by Crippen LogP contribution is 2.37. The molecule has 0 saturated heterocycles. The van der Waals surface area contributed by atoms with Crippen LogP contribution in [0.5, 0.6) is 0 Å². The minimum Gasteiger partial charge on any atom is -0.481 e. The van der Waals surface area contributed by atoms with E-state index in [1.165, 1.54) is 0 Å². The van der Waals surface area contributed by atoms with Crippen LogP contribution in [0.25, 0.3) is 0 Å². The van der Waals surface area contributed by atoms with Crippen molar-refractivity contribution in [2.45, 2.75) is 126 Å². The van der Waals surface area contributed by atoms with Crippen LogP contribution in [0.4, 0.5) is 0 Å². The van der Waals surface area contributed by atoms with Gasteiger partial charge in [0, 0.05) is 12.1 Å². The van der Waals surface area contributed by atoms with E-state index in [-0.39, 0.29) is 35.7 Å². The van der Waals surface area contributed by atoms with Gasteiger partial charge < -0.3 is 20.8 Å². The van der Waals surface area contributed by atoms with Crippen LogP contribution in [-0.2, 0) is 29.0 Å². The molecule has 4 N–H and O–H groups in total. The Labute approximate surface area is 243 Å². The van der Waals surface area contributed by atoms with Gasteiger partial charge in [-0.3, -0.25) is 19.2 Å².